The lowest BCUT2D eigenvalue weighted by atomic mass is 10.3. The predicted octanol–water partition coefficient (Wildman–Crippen LogP) is 2.63. The van der Waals surface area contributed by atoms with E-state index in [0.717, 1.165) is 0 Å². The molecule has 0 bridgehead atoms. The third-order valence-corrected chi connectivity index (χ3v) is 7.43. The highest BCUT2D eigenvalue weighted by Gasteiger charge is 2.33. The number of nitriles is 5. The van der Waals surface area contributed by atoms with Crippen molar-refractivity contribution in [1.82, 2.24) is 0 Å². The second-order valence-electron chi connectivity index (χ2n) is 6.40. The molecule has 0 amide bonds. The topological polar surface area (TPSA) is 182 Å². The van der Waals surface area contributed by atoms with Crippen molar-refractivity contribution in [3.05, 3.63) is 60.7 Å². The summed E-state index contributed by atoms with van der Waals surface area (Å²) >= 11 is 0. The van der Waals surface area contributed by atoms with Gasteiger partial charge in [0.15, 0.2) is 7.14 Å². The minimum atomic E-state index is -3.98. The largest absolute Gasteiger partial charge is 0.388 e. The number of rotatable bonds is 8. The van der Waals surface area contributed by atoms with Crippen LogP contribution in [0.3, 0.4) is 0 Å². The molecule has 0 aliphatic carbocycles. The van der Waals surface area contributed by atoms with Crippen LogP contribution in [0.2, 0.25) is 0 Å². The summed E-state index contributed by atoms with van der Waals surface area (Å²) < 4.78 is 39.3. The molecule has 3 rings (SSSR count). The van der Waals surface area contributed by atoms with Crippen molar-refractivity contribution in [2.75, 3.05) is 0 Å². The van der Waals surface area contributed by atoms with Gasteiger partial charge in [0.05, 0.1) is 0 Å². The molecule has 35 heavy (non-hydrogen) atoms. The molecular formula is C23H10N5O6P. The Morgan fingerprint density at radius 3 is 1.20 bits per heavy atom. The Morgan fingerprint density at radius 1 is 0.486 bits per heavy atom. The summed E-state index contributed by atoms with van der Waals surface area (Å²) in [4.78, 5) is 0. The summed E-state index contributed by atoms with van der Waals surface area (Å²) in [5.74, 6) is -0.201. The molecule has 0 fully saturated rings. The second-order valence-corrected chi connectivity index (χ2v) is 9.17. The highest BCUT2D eigenvalue weighted by atomic mass is 31.2. The van der Waals surface area contributed by atoms with E-state index >= 15 is 0 Å². The molecule has 0 aromatic heterocycles. The lowest BCUT2D eigenvalue weighted by Crippen LogP contribution is -2.25. The van der Waals surface area contributed by atoms with E-state index in [0.29, 0.717) is 0 Å². The first kappa shape index (κ1) is 24.0. The van der Waals surface area contributed by atoms with E-state index in [1.54, 1.807) is 0 Å². The Labute approximate surface area is 198 Å². The molecule has 12 heteroatoms. The zero-order chi connectivity index (χ0) is 25.3. The molecule has 0 radical (unpaired) electrons. The highest BCUT2D eigenvalue weighted by Crippen LogP contribution is 2.46. The fourth-order valence-electron chi connectivity index (χ4n) is 3.17. The van der Waals surface area contributed by atoms with Gasteiger partial charge >= 0.3 is 0 Å². The van der Waals surface area contributed by atoms with E-state index < -0.39 is 7.14 Å². The molecule has 0 atom stereocenters. The predicted molar refractivity (Wildman–Crippen MR) is 117 cm³/mol. The molecule has 0 N–H and O–H groups in total. The van der Waals surface area contributed by atoms with Gasteiger partial charge in [-0.2, -0.15) is 0 Å². The van der Waals surface area contributed by atoms with Crippen molar-refractivity contribution in [3.63, 3.8) is 0 Å². The Bertz CT molecular complexity index is 1390. The van der Waals surface area contributed by atoms with E-state index in [-0.39, 0.29) is 44.7 Å². The average Bonchev–Trinajstić information content (AvgIpc) is 2.84. The summed E-state index contributed by atoms with van der Waals surface area (Å²) in [6.45, 7) is 0. The van der Waals surface area contributed by atoms with Crippen LogP contribution < -0.4 is 39.6 Å². The lowest BCUT2D eigenvalue weighted by Gasteiger charge is -2.21. The van der Waals surface area contributed by atoms with Gasteiger partial charge in [0.25, 0.3) is 31.3 Å². The lowest BCUT2D eigenvalue weighted by molar-refractivity contribution is 0.484. The molecule has 0 aliphatic heterocycles. The van der Waals surface area contributed by atoms with Crippen molar-refractivity contribution in [1.29, 1.82) is 26.3 Å². The summed E-state index contributed by atoms with van der Waals surface area (Å²) in [6.07, 6.45) is 7.50. The van der Waals surface area contributed by atoms with Gasteiger partial charge in [-0.05, 0) is 36.4 Å². The Balaban J connectivity index is 2.40. The van der Waals surface area contributed by atoms with Crippen LogP contribution in [0.4, 0.5) is 0 Å². The first-order valence-electron chi connectivity index (χ1n) is 9.30. The highest BCUT2D eigenvalue weighted by molar-refractivity contribution is 7.85. The van der Waals surface area contributed by atoms with Gasteiger partial charge in [0, 0.05) is 28.0 Å². The standard InChI is InChI=1S/C23H10N5O6P/c24-11-30-16-2-1-3-21(6-16)35(29,22-7-17(31-12-25)4-18(8-22)32-13-26)23-9-19(33-14-27)5-20(10-23)34-15-28/h1-10H. The van der Waals surface area contributed by atoms with Gasteiger partial charge in [-0.25, -0.2) is 0 Å². The monoisotopic (exact) mass is 483 g/mol. The molecule has 0 saturated heterocycles. The zero-order valence-corrected chi connectivity index (χ0v) is 18.3. The van der Waals surface area contributed by atoms with Crippen molar-refractivity contribution < 1.29 is 28.2 Å². The van der Waals surface area contributed by atoms with Gasteiger partial charge in [0.1, 0.15) is 28.7 Å². The number of benzene rings is 3. The Morgan fingerprint density at radius 2 is 0.829 bits per heavy atom. The van der Waals surface area contributed by atoms with E-state index in [2.05, 4.69) is 0 Å². The maximum absolute atomic E-state index is 14.9. The first-order chi connectivity index (χ1) is 17.0. The summed E-state index contributed by atoms with van der Waals surface area (Å²) in [7, 11) is -3.98. The van der Waals surface area contributed by atoms with Gasteiger partial charge in [0.2, 0.25) is 0 Å². The molecule has 3 aromatic carbocycles. The van der Waals surface area contributed by atoms with Crippen LogP contribution in [0, 0.1) is 57.6 Å². The second kappa shape index (κ2) is 10.8. The molecule has 0 aliphatic rings. The van der Waals surface area contributed by atoms with Crippen molar-refractivity contribution in [2.45, 2.75) is 0 Å². The number of nitrogens with zero attached hydrogens (tertiary/aromatic N) is 5. The Kier molecular flexibility index (Phi) is 7.39. The molecule has 0 saturated carbocycles. The van der Waals surface area contributed by atoms with Crippen LogP contribution in [0.25, 0.3) is 0 Å². The van der Waals surface area contributed by atoms with Crippen molar-refractivity contribution >= 4 is 23.1 Å². The van der Waals surface area contributed by atoms with E-state index in [4.69, 9.17) is 50.0 Å². The SMILES string of the molecule is N#COc1cccc(P(=O)(c2cc(OC#N)cc(OC#N)c2)c2cc(OC#N)cc(OC#N)c2)c1. The van der Waals surface area contributed by atoms with Crippen LogP contribution >= 0.6 is 7.14 Å². The molecule has 0 spiro atoms. The van der Waals surface area contributed by atoms with E-state index in [1.165, 1.54) is 91.9 Å². The van der Waals surface area contributed by atoms with Gasteiger partial charge in [-0.15, -0.1) is 26.3 Å². The van der Waals surface area contributed by atoms with Crippen molar-refractivity contribution in [3.8, 4) is 60.0 Å². The summed E-state index contributed by atoms with van der Waals surface area (Å²) in [5.41, 5.74) is 0. The minimum Gasteiger partial charge on any atom is -0.388 e. The average molecular weight is 483 g/mol. The van der Waals surface area contributed by atoms with Crippen LogP contribution in [-0.2, 0) is 4.57 Å². The minimum absolute atomic E-state index is 0.0432. The maximum Gasteiger partial charge on any atom is 0.292 e. The number of ether oxygens (including phenoxy) is 5. The fraction of sp³-hybridized carbons (Fsp3) is 0. The van der Waals surface area contributed by atoms with E-state index in [1.807, 2.05) is 0 Å². The Hall–Kier alpha value is -5.66. The number of hydrogen-bond donors (Lipinski definition) is 0. The van der Waals surface area contributed by atoms with Crippen LogP contribution in [0.1, 0.15) is 0 Å². The third-order valence-electron chi connectivity index (χ3n) is 4.46. The zero-order valence-electron chi connectivity index (χ0n) is 17.4. The fourth-order valence-corrected chi connectivity index (χ4v) is 5.90. The van der Waals surface area contributed by atoms with Crippen LogP contribution in [0.15, 0.2) is 60.7 Å². The molecule has 0 unspecified atom stereocenters. The normalized spacial score (nSPS) is 9.69. The van der Waals surface area contributed by atoms with Crippen molar-refractivity contribution in [2.24, 2.45) is 0 Å². The molecule has 0 heterocycles. The van der Waals surface area contributed by atoms with Gasteiger partial charge in [-0.3, -0.25) is 0 Å². The summed E-state index contributed by atoms with van der Waals surface area (Å²) in [5, 5.41) is 45.0. The molecule has 11 nitrogen and oxygen atoms in total. The van der Waals surface area contributed by atoms with Crippen LogP contribution in [-0.4, -0.2) is 0 Å². The van der Waals surface area contributed by atoms with E-state index in [9.17, 15) is 4.57 Å². The molecular weight excluding hydrogens is 473 g/mol. The molecule has 3 aromatic rings. The molecule has 168 valence electrons. The van der Waals surface area contributed by atoms with Gasteiger partial charge < -0.3 is 28.2 Å². The maximum atomic E-state index is 14.9. The third kappa shape index (κ3) is 5.23. The smallest absolute Gasteiger partial charge is 0.292 e. The number of hydrogen-bond acceptors (Lipinski definition) is 11. The van der Waals surface area contributed by atoms with Gasteiger partial charge in [-0.1, -0.05) is 12.1 Å². The van der Waals surface area contributed by atoms with Crippen LogP contribution in [0.5, 0.6) is 28.7 Å². The summed E-state index contributed by atoms with van der Waals surface area (Å²) in [6, 6.07) is 13.5. The quantitative estimate of drug-likeness (QED) is 0.339. The first-order valence-corrected chi connectivity index (χ1v) is 11.0.